The first-order valence-corrected chi connectivity index (χ1v) is 14.0. The summed E-state index contributed by atoms with van der Waals surface area (Å²) in [6.07, 6.45) is 0.262. The van der Waals surface area contributed by atoms with E-state index in [4.69, 9.17) is 11.6 Å². The van der Waals surface area contributed by atoms with Gasteiger partial charge in [0.15, 0.2) is 0 Å². The van der Waals surface area contributed by atoms with Gasteiger partial charge >= 0.3 is 10.2 Å². The average Bonchev–Trinajstić information content (AvgIpc) is 2.91. The summed E-state index contributed by atoms with van der Waals surface area (Å²) in [6, 6.07) is 24.0. The van der Waals surface area contributed by atoms with Gasteiger partial charge in [0.25, 0.3) is 0 Å². The van der Waals surface area contributed by atoms with Crippen molar-refractivity contribution in [1.29, 1.82) is 0 Å². The fraction of sp³-hybridized carbons (Fsp3) is 0.286. The van der Waals surface area contributed by atoms with E-state index in [2.05, 4.69) is 5.32 Å². The zero-order valence-electron chi connectivity index (χ0n) is 21.7. The van der Waals surface area contributed by atoms with Gasteiger partial charge in [-0.25, -0.2) is 4.31 Å². The second kappa shape index (κ2) is 13.4. The average molecular weight is 557 g/mol. The molecule has 0 aromatic heterocycles. The van der Waals surface area contributed by atoms with Gasteiger partial charge in [0.2, 0.25) is 11.8 Å². The molecule has 0 saturated heterocycles. The minimum absolute atomic E-state index is 0.0925. The minimum atomic E-state index is -4.01. The Balaban J connectivity index is 2.05. The van der Waals surface area contributed by atoms with E-state index in [9.17, 15) is 18.0 Å². The lowest BCUT2D eigenvalue weighted by atomic mass is 10.0. The van der Waals surface area contributed by atoms with Crippen molar-refractivity contribution in [2.45, 2.75) is 25.9 Å². The zero-order chi connectivity index (χ0) is 27.7. The van der Waals surface area contributed by atoms with Crippen molar-refractivity contribution in [2.24, 2.45) is 0 Å². The van der Waals surface area contributed by atoms with Gasteiger partial charge in [0.05, 0.1) is 5.69 Å². The van der Waals surface area contributed by atoms with Crippen molar-refractivity contribution in [3.05, 3.63) is 101 Å². The number of nitrogens with one attached hydrogen (secondary N) is 1. The molecule has 8 nitrogen and oxygen atoms in total. The number of hydrogen-bond acceptors (Lipinski definition) is 4. The molecular formula is C28H33ClN4O4S. The Bertz CT molecular complexity index is 1300. The van der Waals surface area contributed by atoms with E-state index >= 15 is 0 Å². The number of carbonyl (C=O) groups excluding carboxylic acids is 2. The summed E-state index contributed by atoms with van der Waals surface area (Å²) < 4.78 is 28.7. The molecule has 0 aliphatic carbocycles. The first kappa shape index (κ1) is 29.2. The Morgan fingerprint density at radius 1 is 0.868 bits per heavy atom. The number of carbonyl (C=O) groups is 2. The highest BCUT2D eigenvalue weighted by Gasteiger charge is 2.34. The third kappa shape index (κ3) is 7.56. The van der Waals surface area contributed by atoms with Crippen LogP contribution in [-0.2, 0) is 32.8 Å². The molecule has 0 saturated carbocycles. The highest BCUT2D eigenvalue weighted by Crippen LogP contribution is 2.22. The maximum absolute atomic E-state index is 14.0. The molecule has 0 radical (unpaired) electrons. The van der Waals surface area contributed by atoms with Crippen LogP contribution in [-0.4, -0.2) is 62.7 Å². The molecule has 202 valence electrons. The largest absolute Gasteiger partial charge is 0.355 e. The fourth-order valence-corrected chi connectivity index (χ4v) is 5.13. The van der Waals surface area contributed by atoms with Crippen LogP contribution in [0.2, 0.25) is 5.02 Å². The van der Waals surface area contributed by atoms with Gasteiger partial charge in [-0.05, 0) is 42.3 Å². The molecule has 0 aliphatic rings. The van der Waals surface area contributed by atoms with Crippen molar-refractivity contribution < 1.29 is 18.0 Å². The number of likely N-dealkylation sites (N-methyl/N-ethyl adjacent to an activating group) is 1. The molecule has 1 N–H and O–H groups in total. The second-order valence-corrected chi connectivity index (χ2v) is 11.4. The maximum Gasteiger partial charge on any atom is 0.304 e. The smallest absolute Gasteiger partial charge is 0.304 e. The van der Waals surface area contributed by atoms with Crippen LogP contribution in [0.4, 0.5) is 5.69 Å². The van der Waals surface area contributed by atoms with Gasteiger partial charge in [-0.15, -0.1) is 0 Å². The molecular weight excluding hydrogens is 524 g/mol. The van der Waals surface area contributed by atoms with Crippen LogP contribution < -0.4 is 9.62 Å². The standard InChI is InChI=1S/C28H33ClN4O4S/c1-4-30-28(35)26(19-22-11-7-5-8-12-22)32(20-23-15-17-24(29)18-16-23)27(34)21-33(38(36,37)31(2)3)25-13-9-6-10-14-25/h5-18,26H,4,19-21H2,1-3H3,(H,30,35). The Kier molecular flexibility index (Phi) is 10.3. The maximum atomic E-state index is 14.0. The molecule has 0 spiro atoms. The van der Waals surface area contributed by atoms with Crippen molar-refractivity contribution in [2.75, 3.05) is 31.5 Å². The predicted molar refractivity (Wildman–Crippen MR) is 151 cm³/mol. The number of benzene rings is 3. The van der Waals surface area contributed by atoms with Gasteiger partial charge in [0.1, 0.15) is 12.6 Å². The third-order valence-electron chi connectivity index (χ3n) is 5.95. The van der Waals surface area contributed by atoms with Crippen LogP contribution in [0.1, 0.15) is 18.1 Å². The first-order valence-electron chi connectivity index (χ1n) is 12.2. The number of nitrogens with zero attached hydrogens (tertiary/aromatic N) is 3. The molecule has 3 rings (SSSR count). The zero-order valence-corrected chi connectivity index (χ0v) is 23.3. The summed E-state index contributed by atoms with van der Waals surface area (Å²) in [5.41, 5.74) is 1.98. The lowest BCUT2D eigenvalue weighted by Gasteiger charge is -2.34. The predicted octanol–water partition coefficient (Wildman–Crippen LogP) is 3.73. The molecule has 3 aromatic carbocycles. The van der Waals surface area contributed by atoms with E-state index in [0.717, 1.165) is 19.7 Å². The molecule has 0 aliphatic heterocycles. The summed E-state index contributed by atoms with van der Waals surface area (Å²) in [5.74, 6) is -0.832. The van der Waals surface area contributed by atoms with Crippen LogP contribution in [0.5, 0.6) is 0 Å². The van der Waals surface area contributed by atoms with Gasteiger partial charge in [-0.1, -0.05) is 72.3 Å². The van der Waals surface area contributed by atoms with Crippen LogP contribution in [0, 0.1) is 0 Å². The summed E-state index contributed by atoms with van der Waals surface area (Å²) in [7, 11) is -1.19. The van der Waals surface area contributed by atoms with Crippen LogP contribution in [0.15, 0.2) is 84.9 Å². The van der Waals surface area contributed by atoms with E-state index in [1.807, 2.05) is 37.3 Å². The Labute approximate surface area is 230 Å². The van der Waals surface area contributed by atoms with E-state index in [-0.39, 0.29) is 18.9 Å². The van der Waals surface area contributed by atoms with Crippen LogP contribution in [0.25, 0.3) is 0 Å². The van der Waals surface area contributed by atoms with Crippen molar-refractivity contribution >= 4 is 39.3 Å². The molecule has 0 fully saturated rings. The minimum Gasteiger partial charge on any atom is -0.355 e. The third-order valence-corrected chi connectivity index (χ3v) is 8.02. The molecule has 3 aromatic rings. The summed E-state index contributed by atoms with van der Waals surface area (Å²) in [4.78, 5) is 28.8. The van der Waals surface area contributed by atoms with Crippen molar-refractivity contribution in [3.63, 3.8) is 0 Å². The summed E-state index contributed by atoms with van der Waals surface area (Å²) >= 11 is 6.07. The number of para-hydroxylation sites is 1. The summed E-state index contributed by atoms with van der Waals surface area (Å²) in [6.45, 7) is 1.81. The molecule has 10 heteroatoms. The molecule has 0 heterocycles. The Hall–Kier alpha value is -3.40. The summed E-state index contributed by atoms with van der Waals surface area (Å²) in [5, 5.41) is 3.38. The van der Waals surface area contributed by atoms with Crippen molar-refractivity contribution in [3.8, 4) is 0 Å². The molecule has 0 bridgehead atoms. The van der Waals surface area contributed by atoms with Crippen LogP contribution >= 0.6 is 11.6 Å². The van der Waals surface area contributed by atoms with Crippen molar-refractivity contribution in [1.82, 2.24) is 14.5 Å². The number of rotatable bonds is 12. The monoisotopic (exact) mass is 556 g/mol. The first-order chi connectivity index (χ1) is 18.1. The van der Waals surface area contributed by atoms with Crippen LogP contribution in [0.3, 0.4) is 0 Å². The van der Waals surface area contributed by atoms with E-state index in [1.165, 1.54) is 19.0 Å². The topological polar surface area (TPSA) is 90.0 Å². The number of hydrogen-bond donors (Lipinski definition) is 1. The van der Waals surface area contributed by atoms with E-state index < -0.39 is 28.7 Å². The highest BCUT2D eigenvalue weighted by atomic mass is 35.5. The lowest BCUT2D eigenvalue weighted by molar-refractivity contribution is -0.140. The molecule has 1 atom stereocenters. The number of amides is 2. The normalized spacial score (nSPS) is 12.1. The lowest BCUT2D eigenvalue weighted by Crippen LogP contribution is -2.54. The van der Waals surface area contributed by atoms with E-state index in [1.54, 1.807) is 54.6 Å². The molecule has 38 heavy (non-hydrogen) atoms. The van der Waals surface area contributed by atoms with Gasteiger partial charge in [-0.2, -0.15) is 12.7 Å². The highest BCUT2D eigenvalue weighted by molar-refractivity contribution is 7.90. The number of halogens is 1. The van der Waals surface area contributed by atoms with Gasteiger partial charge in [0, 0.05) is 38.6 Å². The Morgan fingerprint density at radius 2 is 1.45 bits per heavy atom. The molecule has 2 amide bonds. The van der Waals surface area contributed by atoms with Gasteiger partial charge in [-0.3, -0.25) is 9.59 Å². The number of anilines is 1. The van der Waals surface area contributed by atoms with Gasteiger partial charge < -0.3 is 10.2 Å². The fourth-order valence-electron chi connectivity index (χ4n) is 3.94. The second-order valence-electron chi connectivity index (χ2n) is 8.88. The van der Waals surface area contributed by atoms with E-state index in [0.29, 0.717) is 17.3 Å². The quantitative estimate of drug-likeness (QED) is 0.368. The Morgan fingerprint density at radius 3 is 2.00 bits per heavy atom. The SMILES string of the molecule is CCNC(=O)C(Cc1ccccc1)N(Cc1ccc(Cl)cc1)C(=O)CN(c1ccccc1)S(=O)(=O)N(C)C. The molecule has 1 unspecified atom stereocenters.